The van der Waals surface area contributed by atoms with Crippen molar-refractivity contribution in [2.45, 2.75) is 13.5 Å². The Morgan fingerprint density at radius 3 is 2.89 bits per heavy atom. The summed E-state index contributed by atoms with van der Waals surface area (Å²) in [5.41, 5.74) is 7.56. The second-order valence-electron chi connectivity index (χ2n) is 3.59. The first-order valence-corrected chi connectivity index (χ1v) is 5.50. The van der Waals surface area contributed by atoms with Crippen molar-refractivity contribution in [3.63, 3.8) is 0 Å². The van der Waals surface area contributed by atoms with E-state index in [1.54, 1.807) is 0 Å². The minimum Gasteiger partial charge on any atom is -0.486 e. The molecule has 0 fully saturated rings. The average Bonchev–Trinajstić information content (AvgIpc) is 2.80. The highest BCUT2D eigenvalue weighted by Crippen LogP contribution is 2.18. The van der Waals surface area contributed by atoms with Gasteiger partial charge in [0.15, 0.2) is 0 Å². The smallest absolute Gasteiger partial charge is 0.145 e. The van der Waals surface area contributed by atoms with Gasteiger partial charge in [0, 0.05) is 0 Å². The second-order valence-corrected chi connectivity index (χ2v) is 3.59. The number of para-hydroxylation sites is 1. The topological polar surface area (TPSA) is 74.2 Å². The van der Waals surface area contributed by atoms with Gasteiger partial charge in [-0.25, -0.2) is 4.63 Å². The lowest BCUT2D eigenvalue weighted by Crippen LogP contribution is -1.99. The molecule has 0 radical (unpaired) electrons. The number of aromatic nitrogens is 2. The maximum atomic E-state index is 5.65. The van der Waals surface area contributed by atoms with E-state index in [1.807, 2.05) is 31.2 Å². The molecule has 0 spiro atoms. The lowest BCUT2D eigenvalue weighted by molar-refractivity contribution is 0.269. The summed E-state index contributed by atoms with van der Waals surface area (Å²) in [6.45, 7) is 2.44. The number of ether oxygens (including phenoxy) is 1. The van der Waals surface area contributed by atoms with E-state index in [1.165, 1.54) is 0 Å². The van der Waals surface area contributed by atoms with Gasteiger partial charge in [-0.1, -0.05) is 34.3 Å². The van der Waals surface area contributed by atoms with Crippen molar-refractivity contribution in [2.75, 3.05) is 6.54 Å². The summed E-state index contributed by atoms with van der Waals surface area (Å²) in [5, 5.41) is 7.45. The molecule has 0 amide bonds. The Balaban J connectivity index is 2.12. The molecule has 0 saturated carbocycles. The second kappa shape index (κ2) is 5.84. The summed E-state index contributed by atoms with van der Waals surface area (Å²) in [4.78, 5) is 0. The molecule has 0 saturated heterocycles. The zero-order valence-electron chi connectivity index (χ0n) is 10.0. The Morgan fingerprint density at radius 1 is 1.33 bits per heavy atom. The number of rotatable bonds is 3. The van der Waals surface area contributed by atoms with Crippen LogP contribution in [0.25, 0.3) is 0 Å². The molecule has 0 aliphatic heterocycles. The molecule has 1 heterocycles. The molecule has 5 nitrogen and oxygen atoms in total. The molecule has 2 rings (SSSR count). The van der Waals surface area contributed by atoms with Crippen LogP contribution in [0, 0.1) is 18.8 Å². The summed E-state index contributed by atoms with van der Waals surface area (Å²) in [5.74, 6) is 6.45. The SMILES string of the molecule is Cc1nonc1COc1ccccc1C#CCN. The van der Waals surface area contributed by atoms with Crippen molar-refractivity contribution in [1.29, 1.82) is 0 Å². The Kier molecular flexibility index (Phi) is 3.94. The molecule has 92 valence electrons. The number of benzene rings is 1. The molecule has 0 atom stereocenters. The molecule has 0 bridgehead atoms. The van der Waals surface area contributed by atoms with Crippen LogP contribution in [0.15, 0.2) is 28.9 Å². The molecule has 1 aromatic carbocycles. The van der Waals surface area contributed by atoms with Crippen LogP contribution in [0.1, 0.15) is 17.0 Å². The van der Waals surface area contributed by atoms with Gasteiger partial charge in [0.25, 0.3) is 0 Å². The zero-order chi connectivity index (χ0) is 12.8. The van der Waals surface area contributed by atoms with E-state index in [0.717, 1.165) is 11.3 Å². The molecular weight excluding hydrogens is 230 g/mol. The van der Waals surface area contributed by atoms with Crippen molar-refractivity contribution < 1.29 is 9.37 Å². The van der Waals surface area contributed by atoms with Gasteiger partial charge in [-0.05, 0) is 19.1 Å². The molecule has 18 heavy (non-hydrogen) atoms. The van der Waals surface area contributed by atoms with Gasteiger partial charge in [0.05, 0.1) is 12.1 Å². The zero-order valence-corrected chi connectivity index (χ0v) is 10.0. The third kappa shape index (κ3) is 2.87. The van der Waals surface area contributed by atoms with Crippen LogP contribution in [0.2, 0.25) is 0 Å². The minimum atomic E-state index is 0.302. The fourth-order valence-corrected chi connectivity index (χ4v) is 1.37. The number of hydrogen-bond donors (Lipinski definition) is 1. The minimum absolute atomic E-state index is 0.302. The molecule has 0 aliphatic rings. The van der Waals surface area contributed by atoms with Crippen LogP contribution in [0.3, 0.4) is 0 Å². The molecule has 2 aromatic rings. The van der Waals surface area contributed by atoms with Gasteiger partial charge >= 0.3 is 0 Å². The van der Waals surface area contributed by atoms with Gasteiger partial charge in [0.1, 0.15) is 23.7 Å². The van der Waals surface area contributed by atoms with E-state index in [-0.39, 0.29) is 0 Å². The highest BCUT2D eigenvalue weighted by molar-refractivity contribution is 5.46. The highest BCUT2D eigenvalue weighted by Gasteiger charge is 2.07. The lowest BCUT2D eigenvalue weighted by atomic mass is 10.2. The number of hydrogen-bond acceptors (Lipinski definition) is 5. The fourth-order valence-electron chi connectivity index (χ4n) is 1.37. The standard InChI is InChI=1S/C13H13N3O2/c1-10-12(16-18-15-10)9-17-13-7-3-2-5-11(13)6-4-8-14/h2-3,5,7H,8-9,14H2,1H3. The van der Waals surface area contributed by atoms with Crippen LogP contribution >= 0.6 is 0 Å². The number of nitrogens with two attached hydrogens (primary N) is 1. The third-order valence-electron chi connectivity index (χ3n) is 2.32. The first-order chi connectivity index (χ1) is 8.81. The van der Waals surface area contributed by atoms with E-state index >= 15 is 0 Å². The first-order valence-electron chi connectivity index (χ1n) is 5.50. The van der Waals surface area contributed by atoms with E-state index in [4.69, 9.17) is 10.5 Å². The van der Waals surface area contributed by atoms with Crippen LogP contribution < -0.4 is 10.5 Å². The van der Waals surface area contributed by atoms with Crippen LogP contribution in [-0.2, 0) is 6.61 Å². The third-order valence-corrected chi connectivity index (χ3v) is 2.32. The quantitative estimate of drug-likeness (QED) is 0.822. The van der Waals surface area contributed by atoms with Crippen LogP contribution in [0.5, 0.6) is 5.75 Å². The molecule has 0 unspecified atom stereocenters. The summed E-state index contributed by atoms with van der Waals surface area (Å²) >= 11 is 0. The van der Waals surface area contributed by atoms with E-state index in [2.05, 4.69) is 26.8 Å². The van der Waals surface area contributed by atoms with Crippen molar-refractivity contribution in [2.24, 2.45) is 5.73 Å². The van der Waals surface area contributed by atoms with E-state index in [9.17, 15) is 0 Å². The van der Waals surface area contributed by atoms with Crippen LogP contribution in [0.4, 0.5) is 0 Å². The molecule has 0 aliphatic carbocycles. The largest absolute Gasteiger partial charge is 0.486 e. The van der Waals surface area contributed by atoms with Crippen molar-refractivity contribution >= 4 is 0 Å². The Labute approximate surface area is 105 Å². The molecule has 2 N–H and O–H groups in total. The Hall–Kier alpha value is -2.32. The Bertz CT molecular complexity index is 581. The first kappa shape index (κ1) is 12.1. The monoisotopic (exact) mass is 243 g/mol. The molecule has 1 aromatic heterocycles. The van der Waals surface area contributed by atoms with E-state index < -0.39 is 0 Å². The molecule has 5 heteroatoms. The summed E-state index contributed by atoms with van der Waals surface area (Å²) < 4.78 is 10.3. The van der Waals surface area contributed by atoms with Gasteiger partial charge in [-0.3, -0.25) is 0 Å². The highest BCUT2D eigenvalue weighted by atomic mass is 16.6. The van der Waals surface area contributed by atoms with E-state index in [0.29, 0.717) is 24.6 Å². The van der Waals surface area contributed by atoms with Crippen molar-refractivity contribution in [1.82, 2.24) is 10.3 Å². The van der Waals surface area contributed by atoms with Gasteiger partial charge in [-0.2, -0.15) is 0 Å². The Morgan fingerprint density at radius 2 is 2.17 bits per heavy atom. The van der Waals surface area contributed by atoms with Crippen LogP contribution in [-0.4, -0.2) is 16.9 Å². The van der Waals surface area contributed by atoms with Crippen molar-refractivity contribution in [3.8, 4) is 17.6 Å². The maximum Gasteiger partial charge on any atom is 0.145 e. The normalized spacial score (nSPS) is 9.67. The number of nitrogens with zero attached hydrogens (tertiary/aromatic N) is 2. The summed E-state index contributed by atoms with van der Waals surface area (Å²) in [6, 6.07) is 7.52. The number of aryl methyl sites for hydroxylation is 1. The molecular formula is C13H13N3O2. The lowest BCUT2D eigenvalue weighted by Gasteiger charge is -2.06. The van der Waals surface area contributed by atoms with Gasteiger partial charge in [-0.15, -0.1) is 0 Å². The summed E-state index contributed by atoms with van der Waals surface area (Å²) in [6.07, 6.45) is 0. The predicted molar refractivity (Wildman–Crippen MR) is 65.7 cm³/mol. The van der Waals surface area contributed by atoms with Gasteiger partial charge in [0.2, 0.25) is 0 Å². The predicted octanol–water partition coefficient (Wildman–Crippen LogP) is 1.27. The van der Waals surface area contributed by atoms with Crippen molar-refractivity contribution in [3.05, 3.63) is 41.2 Å². The summed E-state index contributed by atoms with van der Waals surface area (Å²) in [7, 11) is 0. The fraction of sp³-hybridized carbons (Fsp3) is 0.231. The maximum absolute atomic E-state index is 5.65. The average molecular weight is 243 g/mol. The van der Waals surface area contributed by atoms with Gasteiger partial charge < -0.3 is 10.5 Å².